The molecule has 2 heterocycles. The van der Waals surface area contributed by atoms with Crippen molar-refractivity contribution in [3.05, 3.63) is 52.0 Å². The largest absolute Gasteiger partial charge is 0.323 e. The minimum atomic E-state index is -3.79. The van der Waals surface area contributed by atoms with Crippen LogP contribution in [0, 0.1) is 0 Å². The number of thiophene rings is 1. The van der Waals surface area contributed by atoms with E-state index in [1.54, 1.807) is 24.4 Å². The van der Waals surface area contributed by atoms with Gasteiger partial charge in [0, 0.05) is 23.7 Å². The zero-order valence-corrected chi connectivity index (χ0v) is 16.6. The summed E-state index contributed by atoms with van der Waals surface area (Å²) in [5, 5.41) is 3.88. The molecular weight excluding hydrogens is 417 g/mol. The van der Waals surface area contributed by atoms with Crippen LogP contribution in [0.5, 0.6) is 0 Å². The first kappa shape index (κ1) is 19.1. The molecule has 0 bridgehead atoms. The van der Waals surface area contributed by atoms with Crippen LogP contribution in [0.15, 0.2) is 46.8 Å². The molecule has 10 heteroatoms. The Morgan fingerprint density at radius 3 is 2.73 bits per heavy atom. The average molecular weight is 430 g/mol. The van der Waals surface area contributed by atoms with Gasteiger partial charge in [-0.2, -0.15) is 4.31 Å². The number of anilines is 1. The molecule has 3 aromatic rings. The molecule has 6 nitrogen and oxygen atoms in total. The van der Waals surface area contributed by atoms with Gasteiger partial charge in [-0.25, -0.2) is 8.42 Å². The van der Waals surface area contributed by atoms with Crippen LogP contribution in [0.2, 0.25) is 9.36 Å². The van der Waals surface area contributed by atoms with Crippen molar-refractivity contribution in [1.82, 2.24) is 9.29 Å². The molecule has 2 aromatic heterocycles. The van der Waals surface area contributed by atoms with Gasteiger partial charge in [0.2, 0.25) is 5.91 Å². The topological polar surface area (TPSA) is 79.4 Å². The van der Waals surface area contributed by atoms with E-state index < -0.39 is 15.9 Å². The molecule has 0 atom stereocenters. The summed E-state index contributed by atoms with van der Waals surface area (Å²) >= 11 is 12.8. The smallest absolute Gasteiger partial charge is 0.252 e. The van der Waals surface area contributed by atoms with E-state index in [0.717, 1.165) is 21.0 Å². The number of pyridine rings is 1. The number of hydrogen-bond donors (Lipinski definition) is 1. The highest BCUT2D eigenvalue weighted by molar-refractivity contribution is 7.91. The van der Waals surface area contributed by atoms with E-state index in [0.29, 0.717) is 20.6 Å². The van der Waals surface area contributed by atoms with Crippen LogP contribution in [0.25, 0.3) is 10.9 Å². The van der Waals surface area contributed by atoms with Crippen LogP contribution in [-0.2, 0) is 14.8 Å². The van der Waals surface area contributed by atoms with Gasteiger partial charge in [0.1, 0.15) is 4.21 Å². The van der Waals surface area contributed by atoms with Gasteiger partial charge in [0.25, 0.3) is 10.0 Å². The minimum absolute atomic E-state index is 0.0765. The summed E-state index contributed by atoms with van der Waals surface area (Å²) in [5.41, 5.74) is 0.990. The quantitative estimate of drug-likeness (QED) is 0.667. The number of nitrogens with one attached hydrogen (secondary N) is 1. The Morgan fingerprint density at radius 1 is 1.27 bits per heavy atom. The van der Waals surface area contributed by atoms with E-state index >= 15 is 0 Å². The fraction of sp³-hybridized carbons (Fsp3) is 0.125. The Balaban J connectivity index is 1.79. The third-order valence-electron chi connectivity index (χ3n) is 3.52. The number of nitrogens with zero attached hydrogens (tertiary/aromatic N) is 2. The Bertz CT molecular complexity index is 1080. The van der Waals surface area contributed by atoms with E-state index in [1.165, 1.54) is 19.2 Å². The molecule has 1 aromatic carbocycles. The van der Waals surface area contributed by atoms with Crippen molar-refractivity contribution in [2.45, 2.75) is 4.21 Å². The lowest BCUT2D eigenvalue weighted by Gasteiger charge is -2.16. The standard InChI is InChI=1S/C16H13Cl2N3O3S2/c1-21(26(23,24)15-5-4-13(18)25-15)9-14(22)20-12-8-11(17)7-10-3-2-6-19-16(10)12/h2-8H,9H2,1H3,(H,20,22). The Kier molecular flexibility index (Phi) is 5.50. The maximum absolute atomic E-state index is 12.5. The van der Waals surface area contributed by atoms with Gasteiger partial charge in [-0.3, -0.25) is 9.78 Å². The minimum Gasteiger partial charge on any atom is -0.323 e. The highest BCUT2D eigenvalue weighted by Gasteiger charge is 2.25. The van der Waals surface area contributed by atoms with Gasteiger partial charge < -0.3 is 5.32 Å². The summed E-state index contributed by atoms with van der Waals surface area (Å²) in [6.45, 7) is -0.362. The van der Waals surface area contributed by atoms with Crippen molar-refractivity contribution in [1.29, 1.82) is 0 Å². The summed E-state index contributed by atoms with van der Waals surface area (Å²) < 4.78 is 26.3. The summed E-state index contributed by atoms with van der Waals surface area (Å²) in [4.78, 5) is 16.6. The summed E-state index contributed by atoms with van der Waals surface area (Å²) in [5.74, 6) is -0.507. The molecule has 0 radical (unpaired) electrons. The Hall–Kier alpha value is -1.71. The predicted octanol–water partition coefficient (Wildman–Crippen LogP) is 3.86. The van der Waals surface area contributed by atoms with Crippen molar-refractivity contribution in [3.63, 3.8) is 0 Å². The Morgan fingerprint density at radius 2 is 2.04 bits per heavy atom. The predicted molar refractivity (Wildman–Crippen MR) is 105 cm³/mol. The van der Waals surface area contributed by atoms with Gasteiger partial charge in [-0.15, -0.1) is 11.3 Å². The number of carbonyl (C=O) groups is 1. The second kappa shape index (κ2) is 7.50. The maximum Gasteiger partial charge on any atom is 0.252 e. The van der Waals surface area contributed by atoms with Crippen LogP contribution in [0.1, 0.15) is 0 Å². The number of benzene rings is 1. The number of likely N-dealkylation sites (N-methyl/N-ethyl adjacent to an activating group) is 1. The van der Waals surface area contributed by atoms with Crippen molar-refractivity contribution >= 4 is 67.1 Å². The molecule has 0 spiro atoms. The van der Waals surface area contributed by atoms with E-state index in [-0.39, 0.29) is 10.8 Å². The number of hydrogen-bond acceptors (Lipinski definition) is 5. The van der Waals surface area contributed by atoms with Gasteiger partial charge in [0.15, 0.2) is 0 Å². The molecular formula is C16H13Cl2N3O3S2. The van der Waals surface area contributed by atoms with Crippen molar-refractivity contribution < 1.29 is 13.2 Å². The van der Waals surface area contributed by atoms with Crippen molar-refractivity contribution in [2.24, 2.45) is 0 Å². The summed E-state index contributed by atoms with van der Waals surface area (Å²) in [6, 6.07) is 9.79. The normalized spacial score (nSPS) is 11.8. The number of amides is 1. The van der Waals surface area contributed by atoms with Crippen LogP contribution in [-0.4, -0.2) is 37.2 Å². The number of aromatic nitrogens is 1. The summed E-state index contributed by atoms with van der Waals surface area (Å²) in [7, 11) is -2.46. The van der Waals surface area contributed by atoms with E-state index in [9.17, 15) is 13.2 Å². The zero-order chi connectivity index (χ0) is 18.9. The zero-order valence-electron chi connectivity index (χ0n) is 13.4. The third-order valence-corrected chi connectivity index (χ3v) is 7.24. The van der Waals surface area contributed by atoms with E-state index in [4.69, 9.17) is 23.2 Å². The SMILES string of the molecule is CN(CC(=O)Nc1cc(Cl)cc2cccnc12)S(=O)(=O)c1ccc(Cl)s1. The first-order valence-electron chi connectivity index (χ1n) is 7.33. The van der Waals surface area contributed by atoms with Crippen LogP contribution in [0.4, 0.5) is 5.69 Å². The molecule has 0 aliphatic heterocycles. The number of sulfonamides is 1. The van der Waals surface area contributed by atoms with Gasteiger partial charge in [-0.05, 0) is 30.3 Å². The van der Waals surface area contributed by atoms with Crippen LogP contribution < -0.4 is 5.32 Å². The monoisotopic (exact) mass is 429 g/mol. The maximum atomic E-state index is 12.5. The second-order valence-electron chi connectivity index (χ2n) is 5.40. The molecule has 0 aliphatic carbocycles. The van der Waals surface area contributed by atoms with Crippen molar-refractivity contribution in [3.8, 4) is 0 Å². The fourth-order valence-electron chi connectivity index (χ4n) is 2.32. The molecule has 0 saturated carbocycles. The van der Waals surface area contributed by atoms with Gasteiger partial charge in [0.05, 0.1) is 22.1 Å². The molecule has 0 aliphatic rings. The highest BCUT2D eigenvalue weighted by Crippen LogP contribution is 2.28. The lowest BCUT2D eigenvalue weighted by Crippen LogP contribution is -2.34. The molecule has 1 N–H and O–H groups in total. The average Bonchev–Trinajstić information content (AvgIpc) is 3.01. The molecule has 136 valence electrons. The lowest BCUT2D eigenvalue weighted by molar-refractivity contribution is -0.116. The molecule has 3 rings (SSSR count). The molecule has 0 fully saturated rings. The van der Waals surface area contributed by atoms with Gasteiger partial charge >= 0.3 is 0 Å². The number of halogens is 2. The highest BCUT2D eigenvalue weighted by atomic mass is 35.5. The molecule has 26 heavy (non-hydrogen) atoms. The van der Waals surface area contributed by atoms with E-state index in [2.05, 4.69) is 10.3 Å². The second-order valence-corrected chi connectivity index (χ2v) is 9.82. The Labute approximate surface area is 164 Å². The number of fused-ring (bicyclic) bond motifs is 1. The molecule has 1 amide bonds. The van der Waals surface area contributed by atoms with E-state index in [1.807, 2.05) is 6.07 Å². The van der Waals surface area contributed by atoms with Gasteiger partial charge in [-0.1, -0.05) is 29.3 Å². The lowest BCUT2D eigenvalue weighted by atomic mass is 10.2. The third kappa shape index (κ3) is 3.99. The fourth-order valence-corrected chi connectivity index (χ4v) is 5.37. The van der Waals surface area contributed by atoms with Crippen LogP contribution >= 0.6 is 34.5 Å². The number of carbonyl (C=O) groups excluding carboxylic acids is 1. The first-order valence-corrected chi connectivity index (χ1v) is 10.3. The number of rotatable bonds is 5. The summed E-state index contributed by atoms with van der Waals surface area (Å²) in [6.07, 6.45) is 1.60. The van der Waals surface area contributed by atoms with Crippen LogP contribution in [0.3, 0.4) is 0 Å². The molecule has 0 unspecified atom stereocenters. The van der Waals surface area contributed by atoms with Crippen molar-refractivity contribution in [2.75, 3.05) is 18.9 Å². The molecule has 0 saturated heterocycles. The first-order chi connectivity index (χ1) is 12.3.